The number of amides is 1. The van der Waals surface area contributed by atoms with Gasteiger partial charge in [0.25, 0.3) is 11.5 Å². The first kappa shape index (κ1) is 38.7. The van der Waals surface area contributed by atoms with Crippen LogP contribution in [-0.2, 0) is 53.8 Å². The summed E-state index contributed by atoms with van der Waals surface area (Å²) in [6.07, 6.45) is 1.95. The van der Waals surface area contributed by atoms with Crippen LogP contribution in [0.3, 0.4) is 0 Å². The number of benzene rings is 1. The summed E-state index contributed by atoms with van der Waals surface area (Å²) in [5.74, 6) is -3.48. The van der Waals surface area contributed by atoms with E-state index in [0.717, 1.165) is 40.1 Å². The number of Topliss-reactive ketones (excluding diaryl/α,β-unsaturated/α-hetero) is 1. The molecule has 1 fully saturated rings. The molecule has 0 spiro atoms. The standard InChI is InChI=1S/C33H41N7O10S2/c1-32(2)23(29(42)40(32)50-52(45,46)47)13-25(41)28(24-17-51-31(36)37-24)38-49-33(3,30(43)44)27-10-7-20-12-19(6-9-26(20)48-27)21-5-8-22(39(4)16-21)11-18(14-34)15-35/h5-6,8-9,12,16-18,23,27H,7,10-11,13-15,34-35H2,1-4H3,(H3-,36,37,43,44,45,46,47)/p+1/b38-28-/t23-,27-,33+/m1/s1. The molecule has 19 heteroatoms. The van der Waals surface area contributed by atoms with Crippen molar-refractivity contribution in [2.75, 3.05) is 18.8 Å². The topological polar surface area (TPSA) is 264 Å². The Morgan fingerprint density at radius 1 is 1.23 bits per heavy atom. The second-order valence-electron chi connectivity index (χ2n) is 13.5. The van der Waals surface area contributed by atoms with Crippen LogP contribution in [0.5, 0.6) is 5.75 Å². The minimum Gasteiger partial charge on any atom is -0.485 e. The summed E-state index contributed by atoms with van der Waals surface area (Å²) in [7, 11) is -3.03. The fraction of sp³-hybridized carbons (Fsp3) is 0.455. The van der Waals surface area contributed by atoms with E-state index >= 15 is 0 Å². The highest BCUT2D eigenvalue weighted by Crippen LogP contribution is 2.41. The van der Waals surface area contributed by atoms with Gasteiger partial charge in [0.2, 0.25) is 0 Å². The number of β-lactam (4-membered cyclic amide) rings is 1. The van der Waals surface area contributed by atoms with Crippen molar-refractivity contribution >= 4 is 50.2 Å². The summed E-state index contributed by atoms with van der Waals surface area (Å²) in [5, 5.41) is 16.3. The van der Waals surface area contributed by atoms with E-state index in [1.807, 2.05) is 42.1 Å². The van der Waals surface area contributed by atoms with Crippen LogP contribution in [-0.4, -0.2) is 81.8 Å². The SMILES string of the molecule is C[n+]1cc(-c2ccc3c(c2)CC[C@H]([C@](C)(O/N=C(\C(=O)C[C@@H]2C(=O)N(OS(=O)(=O)O)C2(C)C)c2csc(N)n2)C(=O)O)O3)ccc1CC(CN)CN. The van der Waals surface area contributed by atoms with Gasteiger partial charge in [-0.05, 0) is 81.9 Å². The summed E-state index contributed by atoms with van der Waals surface area (Å²) < 4.78 is 44.1. The summed E-state index contributed by atoms with van der Waals surface area (Å²) in [6, 6.07) is 9.72. The minimum absolute atomic E-state index is 0.0155. The molecule has 1 amide bonds. The van der Waals surface area contributed by atoms with Crippen molar-refractivity contribution in [1.82, 2.24) is 10.0 Å². The molecule has 52 heavy (non-hydrogen) atoms. The number of anilines is 1. The fourth-order valence-electron chi connectivity index (χ4n) is 6.20. The molecule has 3 atom stereocenters. The number of pyridine rings is 1. The number of aliphatic carboxylic acids is 1. The lowest BCUT2D eigenvalue weighted by Gasteiger charge is -2.50. The third-order valence-electron chi connectivity index (χ3n) is 9.57. The van der Waals surface area contributed by atoms with Gasteiger partial charge in [0.1, 0.15) is 18.5 Å². The number of aryl methyl sites for hydroxylation is 2. The Morgan fingerprint density at radius 2 is 1.92 bits per heavy atom. The van der Waals surface area contributed by atoms with Crippen LogP contribution < -0.4 is 26.5 Å². The Balaban J connectivity index is 1.35. The number of carboxylic acids is 1. The van der Waals surface area contributed by atoms with E-state index in [4.69, 9.17) is 31.3 Å². The van der Waals surface area contributed by atoms with Crippen molar-refractivity contribution in [1.29, 1.82) is 0 Å². The maximum absolute atomic E-state index is 13.6. The van der Waals surface area contributed by atoms with Crippen molar-refractivity contribution in [3.8, 4) is 16.9 Å². The molecular formula is C33H42N7O10S2+. The van der Waals surface area contributed by atoms with Gasteiger partial charge in [0, 0.05) is 29.9 Å². The smallest absolute Gasteiger partial charge is 0.418 e. The molecule has 0 bridgehead atoms. The van der Waals surface area contributed by atoms with E-state index in [9.17, 15) is 27.9 Å². The Hall–Kier alpha value is -4.53. The highest BCUT2D eigenvalue weighted by Gasteiger charge is 2.58. The normalized spacial score (nSPS) is 19.7. The van der Waals surface area contributed by atoms with Gasteiger partial charge in [-0.3, -0.25) is 14.1 Å². The quantitative estimate of drug-likeness (QED) is 0.0479. The fourth-order valence-corrected chi connectivity index (χ4v) is 7.20. The number of nitrogen functional groups attached to an aromatic ring is 1. The summed E-state index contributed by atoms with van der Waals surface area (Å²) >= 11 is 0.998. The first-order valence-corrected chi connectivity index (χ1v) is 18.6. The molecule has 280 valence electrons. The molecule has 17 nitrogen and oxygen atoms in total. The Kier molecular flexibility index (Phi) is 11.0. The van der Waals surface area contributed by atoms with Gasteiger partial charge in [0.05, 0.1) is 11.5 Å². The zero-order valence-electron chi connectivity index (χ0n) is 29.0. The average molecular weight is 761 g/mol. The zero-order chi connectivity index (χ0) is 38.2. The van der Waals surface area contributed by atoms with Crippen LogP contribution in [0.15, 0.2) is 47.1 Å². The van der Waals surface area contributed by atoms with Gasteiger partial charge in [-0.2, -0.15) is 13.5 Å². The number of aromatic nitrogens is 2. The number of hydroxylamine groups is 2. The second-order valence-corrected chi connectivity index (χ2v) is 15.4. The van der Waals surface area contributed by atoms with E-state index in [1.165, 1.54) is 26.2 Å². The maximum atomic E-state index is 13.6. The molecule has 3 aromatic rings. The summed E-state index contributed by atoms with van der Waals surface area (Å²) in [4.78, 5) is 48.8. The molecule has 4 heterocycles. The van der Waals surface area contributed by atoms with E-state index in [1.54, 1.807) is 6.07 Å². The molecule has 8 N–H and O–H groups in total. The molecule has 2 aliphatic heterocycles. The van der Waals surface area contributed by atoms with E-state index in [0.29, 0.717) is 30.3 Å². The van der Waals surface area contributed by atoms with Crippen LogP contribution in [0.2, 0.25) is 0 Å². The highest BCUT2D eigenvalue weighted by molar-refractivity contribution is 7.80. The minimum atomic E-state index is -5.00. The molecule has 0 radical (unpaired) electrons. The number of hydrogen-bond donors (Lipinski definition) is 5. The molecule has 1 aromatic carbocycles. The van der Waals surface area contributed by atoms with Gasteiger partial charge < -0.3 is 31.9 Å². The summed E-state index contributed by atoms with van der Waals surface area (Å²) in [6.45, 7) is 5.16. The number of carboxylic acid groups (broad SMARTS) is 1. The number of fused-ring (bicyclic) bond motifs is 1. The number of carbonyl (C=O) groups is 3. The highest BCUT2D eigenvalue weighted by atomic mass is 32.3. The van der Waals surface area contributed by atoms with Crippen LogP contribution in [0.4, 0.5) is 5.13 Å². The molecule has 5 rings (SSSR count). The molecule has 1 saturated heterocycles. The lowest BCUT2D eigenvalue weighted by molar-refractivity contribution is -0.679. The number of oxime groups is 1. The molecule has 0 unspecified atom stereocenters. The van der Waals surface area contributed by atoms with Gasteiger partial charge in [0.15, 0.2) is 34.6 Å². The third-order valence-corrected chi connectivity index (χ3v) is 10.6. The molecule has 0 aliphatic carbocycles. The lowest BCUT2D eigenvalue weighted by atomic mass is 9.74. The third kappa shape index (κ3) is 7.93. The Bertz CT molecular complexity index is 2010. The van der Waals surface area contributed by atoms with Crippen molar-refractivity contribution < 1.29 is 50.9 Å². The molecular weight excluding hydrogens is 719 g/mol. The van der Waals surface area contributed by atoms with Gasteiger partial charge in [-0.15, -0.1) is 15.6 Å². The predicted octanol–water partition coefficient (Wildman–Crippen LogP) is 1.18. The van der Waals surface area contributed by atoms with Crippen LogP contribution in [0.25, 0.3) is 11.1 Å². The maximum Gasteiger partial charge on any atom is 0.418 e. The second kappa shape index (κ2) is 14.8. The van der Waals surface area contributed by atoms with Gasteiger partial charge in [-0.1, -0.05) is 11.2 Å². The number of nitrogens with zero attached hydrogens (tertiary/aromatic N) is 4. The number of rotatable bonds is 15. The Morgan fingerprint density at radius 3 is 2.50 bits per heavy atom. The van der Waals surface area contributed by atoms with Crippen LogP contribution in [0, 0.1) is 11.8 Å². The number of carbonyl (C=O) groups excluding carboxylic acids is 2. The number of thiazole rings is 1. The first-order chi connectivity index (χ1) is 24.4. The number of nitrogens with two attached hydrogens (primary N) is 3. The van der Waals surface area contributed by atoms with Crippen molar-refractivity contribution in [2.24, 2.45) is 35.5 Å². The number of ketones is 1. The van der Waals surface area contributed by atoms with Crippen molar-refractivity contribution in [2.45, 2.75) is 63.7 Å². The van der Waals surface area contributed by atoms with E-state index in [2.05, 4.69) is 14.4 Å². The predicted molar refractivity (Wildman–Crippen MR) is 188 cm³/mol. The zero-order valence-corrected chi connectivity index (χ0v) is 30.6. The lowest BCUT2D eigenvalue weighted by Crippen LogP contribution is -2.68. The molecule has 2 aromatic heterocycles. The summed E-state index contributed by atoms with van der Waals surface area (Å²) in [5.41, 5.74) is 17.5. The van der Waals surface area contributed by atoms with Crippen molar-refractivity contribution in [3.05, 3.63) is 58.9 Å². The number of ether oxygens (including phenoxy) is 1. The van der Waals surface area contributed by atoms with Crippen LogP contribution in [0.1, 0.15) is 50.6 Å². The average Bonchev–Trinajstić information content (AvgIpc) is 3.53. The molecule has 0 saturated carbocycles. The van der Waals surface area contributed by atoms with Crippen molar-refractivity contribution in [3.63, 3.8) is 0 Å². The first-order valence-electron chi connectivity index (χ1n) is 16.3. The molecule has 2 aliphatic rings. The van der Waals surface area contributed by atoms with Gasteiger partial charge >= 0.3 is 16.4 Å². The van der Waals surface area contributed by atoms with Gasteiger partial charge in [-0.25, -0.2) is 14.3 Å². The van der Waals surface area contributed by atoms with E-state index in [-0.39, 0.29) is 23.2 Å². The largest absolute Gasteiger partial charge is 0.485 e. The monoisotopic (exact) mass is 760 g/mol. The van der Waals surface area contributed by atoms with E-state index < -0.39 is 63.4 Å². The number of hydrogen-bond acceptors (Lipinski definition) is 14. The van der Waals surface area contributed by atoms with Crippen LogP contribution >= 0.6 is 11.3 Å². The Labute approximate surface area is 304 Å².